The maximum absolute atomic E-state index is 12.6. The van der Waals surface area contributed by atoms with Crippen LogP contribution in [0.15, 0.2) is 24.5 Å². The first-order valence-corrected chi connectivity index (χ1v) is 5.78. The van der Waals surface area contributed by atoms with Crippen LogP contribution in [-0.2, 0) is 12.6 Å². The van der Waals surface area contributed by atoms with Crippen molar-refractivity contribution in [2.24, 2.45) is 5.92 Å². The van der Waals surface area contributed by atoms with Crippen LogP contribution in [0, 0.1) is 5.92 Å². The molecule has 1 aliphatic heterocycles. The number of pyridine rings is 1. The van der Waals surface area contributed by atoms with Crippen molar-refractivity contribution in [3.8, 4) is 0 Å². The van der Waals surface area contributed by atoms with Crippen LogP contribution in [0.25, 0.3) is 5.52 Å². The first-order chi connectivity index (χ1) is 8.54. The number of nitrogens with zero attached hydrogens (tertiary/aromatic N) is 2. The summed E-state index contributed by atoms with van der Waals surface area (Å²) >= 11 is 0. The third-order valence-corrected chi connectivity index (χ3v) is 3.27. The Bertz CT molecular complexity index is 569. The summed E-state index contributed by atoms with van der Waals surface area (Å²) in [4.78, 5) is 4.21. The van der Waals surface area contributed by atoms with Crippen molar-refractivity contribution >= 4 is 5.52 Å². The average molecular weight is 255 g/mol. The monoisotopic (exact) mass is 255 g/mol. The molecule has 1 saturated heterocycles. The summed E-state index contributed by atoms with van der Waals surface area (Å²) < 4.78 is 39.5. The van der Waals surface area contributed by atoms with Crippen molar-refractivity contribution in [2.45, 2.75) is 12.6 Å². The summed E-state index contributed by atoms with van der Waals surface area (Å²) in [6.45, 7) is 1.82. The molecule has 3 nitrogen and oxygen atoms in total. The first-order valence-electron chi connectivity index (χ1n) is 5.78. The number of nitrogens with one attached hydrogen (secondary N) is 1. The summed E-state index contributed by atoms with van der Waals surface area (Å²) in [5.41, 5.74) is 0.0614. The highest BCUT2D eigenvalue weighted by Crippen LogP contribution is 2.29. The minimum Gasteiger partial charge on any atom is -0.316 e. The van der Waals surface area contributed by atoms with E-state index < -0.39 is 11.7 Å². The van der Waals surface area contributed by atoms with E-state index in [2.05, 4.69) is 10.3 Å². The normalized spacial score (nSPS) is 17.1. The number of hydrogen-bond donors (Lipinski definition) is 1. The number of aromatic nitrogens is 2. The van der Waals surface area contributed by atoms with Gasteiger partial charge in [-0.1, -0.05) is 0 Å². The molecule has 0 bridgehead atoms. The van der Waals surface area contributed by atoms with Crippen molar-refractivity contribution in [1.82, 2.24) is 14.7 Å². The van der Waals surface area contributed by atoms with Crippen LogP contribution in [0.2, 0.25) is 0 Å². The Hall–Kier alpha value is -1.56. The van der Waals surface area contributed by atoms with E-state index in [4.69, 9.17) is 0 Å². The highest BCUT2D eigenvalue weighted by atomic mass is 19.4. The molecule has 2 aromatic rings. The second-order valence-electron chi connectivity index (χ2n) is 4.61. The number of alkyl halides is 3. The molecule has 1 N–H and O–H groups in total. The zero-order chi connectivity index (χ0) is 12.8. The van der Waals surface area contributed by atoms with Crippen molar-refractivity contribution in [3.63, 3.8) is 0 Å². The minimum atomic E-state index is -4.31. The molecular formula is C12H12F3N3. The Morgan fingerprint density at radius 2 is 2.11 bits per heavy atom. The summed E-state index contributed by atoms with van der Waals surface area (Å²) in [5.74, 6) is 1.17. The first kappa shape index (κ1) is 11.5. The van der Waals surface area contributed by atoms with E-state index in [0.717, 1.165) is 25.4 Å². The van der Waals surface area contributed by atoms with E-state index in [1.165, 1.54) is 6.07 Å². The smallest absolute Gasteiger partial charge is 0.316 e. The second-order valence-corrected chi connectivity index (χ2v) is 4.61. The fourth-order valence-corrected chi connectivity index (χ4v) is 2.11. The molecule has 0 atom stereocenters. The molecule has 0 amide bonds. The summed E-state index contributed by atoms with van der Waals surface area (Å²) in [7, 11) is 0. The maximum Gasteiger partial charge on any atom is 0.417 e. The van der Waals surface area contributed by atoms with E-state index in [0.29, 0.717) is 23.7 Å². The molecule has 3 rings (SSSR count). The third kappa shape index (κ3) is 1.96. The standard InChI is InChI=1S/C12H12F3N3/c13-12(14,15)9-1-2-10-6-17-11(18(10)7-9)3-8-4-16-5-8/h1-2,6-8,16H,3-5H2. The van der Waals surface area contributed by atoms with Gasteiger partial charge >= 0.3 is 6.18 Å². The molecule has 0 unspecified atom stereocenters. The fourth-order valence-electron chi connectivity index (χ4n) is 2.11. The molecule has 0 aromatic carbocycles. The quantitative estimate of drug-likeness (QED) is 0.890. The van der Waals surface area contributed by atoms with E-state index in [9.17, 15) is 13.2 Å². The Morgan fingerprint density at radius 1 is 1.33 bits per heavy atom. The second kappa shape index (κ2) is 3.98. The van der Waals surface area contributed by atoms with E-state index in [-0.39, 0.29) is 0 Å². The topological polar surface area (TPSA) is 29.3 Å². The molecule has 2 aromatic heterocycles. The molecule has 0 aliphatic carbocycles. The largest absolute Gasteiger partial charge is 0.417 e. The van der Waals surface area contributed by atoms with Gasteiger partial charge in [-0.25, -0.2) is 4.98 Å². The van der Waals surface area contributed by atoms with Gasteiger partial charge < -0.3 is 9.72 Å². The van der Waals surface area contributed by atoms with Gasteiger partial charge in [0.2, 0.25) is 0 Å². The van der Waals surface area contributed by atoms with Crippen LogP contribution in [0.1, 0.15) is 11.4 Å². The number of hydrogen-bond acceptors (Lipinski definition) is 2. The predicted molar refractivity (Wildman–Crippen MR) is 60.3 cm³/mol. The maximum atomic E-state index is 12.6. The zero-order valence-electron chi connectivity index (χ0n) is 9.54. The lowest BCUT2D eigenvalue weighted by Gasteiger charge is -2.26. The SMILES string of the molecule is FC(F)(F)c1ccc2cnc(CC3CNC3)n2c1. The molecule has 3 heterocycles. The van der Waals surface area contributed by atoms with Gasteiger partial charge in [0.05, 0.1) is 17.3 Å². The number of halogens is 3. The van der Waals surface area contributed by atoms with Crippen molar-refractivity contribution in [1.29, 1.82) is 0 Å². The Labute approximate surface area is 102 Å². The highest BCUT2D eigenvalue weighted by molar-refractivity contribution is 5.47. The van der Waals surface area contributed by atoms with Crippen LogP contribution >= 0.6 is 0 Å². The van der Waals surface area contributed by atoms with Gasteiger partial charge in [-0.2, -0.15) is 13.2 Å². The molecular weight excluding hydrogens is 243 g/mol. The Morgan fingerprint density at radius 3 is 2.72 bits per heavy atom. The molecule has 0 spiro atoms. The Kier molecular flexibility index (Phi) is 2.55. The summed E-state index contributed by atoms with van der Waals surface area (Å²) in [6.07, 6.45) is -0.860. The lowest BCUT2D eigenvalue weighted by atomic mass is 9.99. The molecule has 1 fully saturated rings. The number of rotatable bonds is 2. The lowest BCUT2D eigenvalue weighted by molar-refractivity contribution is -0.137. The van der Waals surface area contributed by atoms with Gasteiger partial charge in [-0.3, -0.25) is 0 Å². The van der Waals surface area contributed by atoms with Crippen LogP contribution in [0.4, 0.5) is 13.2 Å². The molecule has 96 valence electrons. The van der Waals surface area contributed by atoms with Gasteiger partial charge in [0.1, 0.15) is 5.82 Å². The third-order valence-electron chi connectivity index (χ3n) is 3.27. The van der Waals surface area contributed by atoms with Gasteiger partial charge in [0, 0.05) is 12.6 Å². The van der Waals surface area contributed by atoms with E-state index >= 15 is 0 Å². The van der Waals surface area contributed by atoms with Crippen LogP contribution in [-0.4, -0.2) is 22.5 Å². The zero-order valence-corrected chi connectivity index (χ0v) is 9.54. The summed E-state index contributed by atoms with van der Waals surface area (Å²) in [5, 5.41) is 3.14. The lowest BCUT2D eigenvalue weighted by Crippen LogP contribution is -2.43. The average Bonchev–Trinajstić information content (AvgIpc) is 2.64. The fraction of sp³-hybridized carbons (Fsp3) is 0.417. The molecule has 18 heavy (non-hydrogen) atoms. The van der Waals surface area contributed by atoms with Crippen LogP contribution < -0.4 is 5.32 Å². The van der Waals surface area contributed by atoms with Crippen molar-refractivity contribution in [3.05, 3.63) is 35.9 Å². The molecule has 0 radical (unpaired) electrons. The predicted octanol–water partition coefficient (Wildman–Crippen LogP) is 2.12. The van der Waals surface area contributed by atoms with Gasteiger partial charge in [-0.15, -0.1) is 0 Å². The molecule has 6 heteroatoms. The van der Waals surface area contributed by atoms with Gasteiger partial charge in [0.15, 0.2) is 0 Å². The van der Waals surface area contributed by atoms with Gasteiger partial charge in [0.25, 0.3) is 0 Å². The van der Waals surface area contributed by atoms with Gasteiger partial charge in [-0.05, 0) is 31.1 Å². The summed E-state index contributed by atoms with van der Waals surface area (Å²) in [6, 6.07) is 2.55. The number of imidazole rings is 1. The van der Waals surface area contributed by atoms with Crippen LogP contribution in [0.3, 0.4) is 0 Å². The van der Waals surface area contributed by atoms with Crippen molar-refractivity contribution in [2.75, 3.05) is 13.1 Å². The highest BCUT2D eigenvalue weighted by Gasteiger charge is 2.31. The van der Waals surface area contributed by atoms with Crippen molar-refractivity contribution < 1.29 is 13.2 Å². The van der Waals surface area contributed by atoms with Crippen LogP contribution in [0.5, 0.6) is 0 Å². The number of fused-ring (bicyclic) bond motifs is 1. The Balaban J connectivity index is 1.99. The minimum absolute atomic E-state index is 0.477. The molecule has 1 aliphatic rings. The van der Waals surface area contributed by atoms with E-state index in [1.54, 1.807) is 10.6 Å². The van der Waals surface area contributed by atoms with E-state index in [1.807, 2.05) is 0 Å². The molecule has 0 saturated carbocycles.